The Morgan fingerprint density at radius 2 is 1.96 bits per heavy atom. The number of carboxylic acid groups (broad SMARTS) is 1. The molecule has 238 valence electrons. The second-order valence-electron chi connectivity index (χ2n) is 11.8. The maximum atomic E-state index is 12.9. The van der Waals surface area contributed by atoms with Gasteiger partial charge >= 0.3 is 5.97 Å². The zero-order valence-electron chi connectivity index (χ0n) is 25.4. The minimum atomic E-state index is -2.19. The second-order valence-corrected chi connectivity index (χ2v) is 16.0. The summed E-state index contributed by atoms with van der Waals surface area (Å²) in [6.07, 6.45) is 7.72. The van der Waals surface area contributed by atoms with E-state index in [1.807, 2.05) is 30.1 Å². The number of rotatable bonds is 14. The van der Waals surface area contributed by atoms with Gasteiger partial charge in [0.15, 0.2) is 8.32 Å². The highest BCUT2D eigenvalue weighted by Gasteiger charge is 2.29. The van der Waals surface area contributed by atoms with Crippen LogP contribution in [0.3, 0.4) is 0 Å². The highest BCUT2D eigenvalue weighted by Crippen LogP contribution is 2.39. The van der Waals surface area contributed by atoms with Gasteiger partial charge in [-0.2, -0.15) is 0 Å². The third kappa shape index (κ3) is 8.57. The fourth-order valence-corrected chi connectivity index (χ4v) is 6.61. The van der Waals surface area contributed by atoms with E-state index in [-0.39, 0.29) is 54.9 Å². The van der Waals surface area contributed by atoms with E-state index in [4.69, 9.17) is 6.42 Å². The number of anilines is 1. The van der Waals surface area contributed by atoms with Gasteiger partial charge in [-0.15, -0.1) is 6.42 Å². The van der Waals surface area contributed by atoms with Crippen LogP contribution in [0.25, 0.3) is 10.9 Å². The summed E-state index contributed by atoms with van der Waals surface area (Å²) in [5.74, 6) is 0.754. The molecule has 1 aromatic heterocycles. The fraction of sp³-hybridized carbons (Fsp3) is 0.406. The summed E-state index contributed by atoms with van der Waals surface area (Å²) in [6, 6.07) is 9.64. The smallest absolute Gasteiger partial charge is 0.326 e. The number of carbonyl (C=O) groups excluding carboxylic acids is 2. The first-order chi connectivity index (χ1) is 21.4. The molecule has 1 aliphatic carbocycles. The molecule has 4 rings (SSSR count). The maximum absolute atomic E-state index is 12.9. The maximum Gasteiger partial charge on any atom is 0.326 e. The number of aliphatic hydroxyl groups excluding tert-OH is 1. The second kappa shape index (κ2) is 14.5. The number of fused-ring (bicyclic) bond motifs is 2. The van der Waals surface area contributed by atoms with Crippen LogP contribution in [-0.2, 0) is 22.6 Å². The van der Waals surface area contributed by atoms with Gasteiger partial charge in [0.25, 0.3) is 11.5 Å². The van der Waals surface area contributed by atoms with Crippen molar-refractivity contribution in [3.8, 4) is 12.3 Å². The monoisotopic (exact) mass is 633 g/mol. The number of nitrogens with zero attached hydrogens (tertiary/aromatic N) is 2. The molecule has 0 unspecified atom stereocenters. The van der Waals surface area contributed by atoms with Crippen molar-refractivity contribution in [1.82, 2.24) is 20.6 Å². The molecule has 1 heterocycles. The molecule has 1 aliphatic rings. The molecule has 6 N–H and O–H groups in total. The fourth-order valence-electron chi connectivity index (χ4n) is 5.56. The number of H-pyrrole nitrogens is 1. The molecule has 0 radical (unpaired) electrons. The van der Waals surface area contributed by atoms with E-state index < -0.39 is 26.2 Å². The van der Waals surface area contributed by atoms with Crippen molar-refractivity contribution in [2.75, 3.05) is 18.0 Å². The number of amides is 2. The standard InChI is InChI=1S/C32H39N5O7Si/c1-4-15-37(27-12-8-21-17-26-24(18-23(21)27)31(41)36-28(19-38)34-26)22-9-6-20(7-10-22)30(40)35-25(32(42)43)11-13-29(39)33-14-5-16-45(2,3)44/h1,6-7,9-10,17-18,25,27,38,44H,5,8,11-16,19H2,2-3H3,(H,33,39)(H,35,40)(H,42,43)(H,34,36,41)/t25-,27-/m0/s1. The van der Waals surface area contributed by atoms with Gasteiger partial charge in [-0.05, 0) is 92.3 Å². The van der Waals surface area contributed by atoms with Crippen LogP contribution < -0.4 is 21.1 Å². The third-order valence-electron chi connectivity index (χ3n) is 7.86. The first kappa shape index (κ1) is 33.4. The minimum absolute atomic E-state index is 0.0696. The molecular weight excluding hydrogens is 594 g/mol. The molecule has 2 aromatic carbocycles. The topological polar surface area (TPSA) is 185 Å². The van der Waals surface area contributed by atoms with Crippen LogP contribution >= 0.6 is 0 Å². The molecule has 0 aliphatic heterocycles. The number of nitrogens with one attached hydrogen (secondary N) is 3. The molecule has 0 spiro atoms. The lowest BCUT2D eigenvalue weighted by Gasteiger charge is -2.30. The molecule has 0 fully saturated rings. The zero-order valence-corrected chi connectivity index (χ0v) is 26.4. The Kier molecular flexibility index (Phi) is 10.8. The first-order valence-corrected chi connectivity index (χ1v) is 18.0. The zero-order chi connectivity index (χ0) is 32.7. The Bertz CT molecular complexity index is 1660. The summed E-state index contributed by atoms with van der Waals surface area (Å²) in [4.78, 5) is 68.4. The van der Waals surface area contributed by atoms with Crippen LogP contribution in [0, 0.1) is 12.3 Å². The van der Waals surface area contributed by atoms with Crippen molar-refractivity contribution in [2.45, 2.75) is 69.9 Å². The average Bonchev–Trinajstić information content (AvgIpc) is 3.41. The molecule has 0 saturated heterocycles. The van der Waals surface area contributed by atoms with E-state index >= 15 is 0 Å². The van der Waals surface area contributed by atoms with Crippen molar-refractivity contribution in [1.29, 1.82) is 0 Å². The predicted molar refractivity (Wildman–Crippen MR) is 172 cm³/mol. The van der Waals surface area contributed by atoms with E-state index in [0.29, 0.717) is 29.9 Å². The lowest BCUT2D eigenvalue weighted by Crippen LogP contribution is -2.41. The molecule has 0 saturated carbocycles. The molecular formula is C32H39N5O7Si. The Balaban J connectivity index is 1.42. The number of aromatic nitrogens is 2. The number of hydrogen-bond acceptors (Lipinski definition) is 8. The number of aryl methyl sites for hydroxylation is 1. The van der Waals surface area contributed by atoms with Gasteiger partial charge in [-0.1, -0.05) is 5.92 Å². The number of aliphatic carboxylic acids is 1. The summed E-state index contributed by atoms with van der Waals surface area (Å²) >= 11 is 0. The highest BCUT2D eigenvalue weighted by molar-refractivity contribution is 6.69. The Hall–Kier alpha value is -4.51. The van der Waals surface area contributed by atoms with Crippen molar-refractivity contribution in [3.63, 3.8) is 0 Å². The summed E-state index contributed by atoms with van der Waals surface area (Å²) in [6.45, 7) is 3.95. The van der Waals surface area contributed by atoms with Gasteiger partial charge < -0.3 is 35.5 Å². The first-order valence-electron chi connectivity index (χ1n) is 14.9. The molecule has 2 atom stereocenters. The molecule has 13 heteroatoms. The van der Waals surface area contributed by atoms with Gasteiger partial charge in [0.05, 0.1) is 23.5 Å². The normalized spacial score (nSPS) is 14.8. The molecule has 2 amide bonds. The average molecular weight is 634 g/mol. The SMILES string of the molecule is C#CCN(c1ccc(C(=O)N[C@@H](CCC(=O)NCCC[Si](C)(C)O)C(=O)O)cc1)[C@H]1CCc2cc3nc(CO)[nH]c(=O)c3cc21. The highest BCUT2D eigenvalue weighted by atomic mass is 28.4. The van der Waals surface area contributed by atoms with E-state index in [1.54, 1.807) is 24.3 Å². The van der Waals surface area contributed by atoms with Crippen LogP contribution in [-0.4, -0.2) is 70.2 Å². The summed E-state index contributed by atoms with van der Waals surface area (Å²) in [5, 5.41) is 24.7. The van der Waals surface area contributed by atoms with Crippen molar-refractivity contribution >= 4 is 42.7 Å². The number of hydrogen-bond donors (Lipinski definition) is 6. The van der Waals surface area contributed by atoms with E-state index in [2.05, 4.69) is 26.5 Å². The number of benzene rings is 2. The van der Waals surface area contributed by atoms with Crippen LogP contribution in [0.2, 0.25) is 19.1 Å². The molecule has 0 bridgehead atoms. The predicted octanol–water partition coefficient (Wildman–Crippen LogP) is 2.21. The summed E-state index contributed by atoms with van der Waals surface area (Å²) < 4.78 is 0. The number of carbonyl (C=O) groups is 3. The largest absolute Gasteiger partial charge is 0.480 e. The Labute approximate surface area is 262 Å². The quantitative estimate of drug-likeness (QED) is 0.0880. The van der Waals surface area contributed by atoms with Crippen LogP contribution in [0.4, 0.5) is 5.69 Å². The lowest BCUT2D eigenvalue weighted by molar-refractivity contribution is -0.139. The Morgan fingerprint density at radius 1 is 1.22 bits per heavy atom. The van der Waals surface area contributed by atoms with Crippen molar-refractivity contribution < 1.29 is 29.4 Å². The Morgan fingerprint density at radius 3 is 2.60 bits per heavy atom. The summed E-state index contributed by atoms with van der Waals surface area (Å²) in [5.41, 5.74) is 3.18. The third-order valence-corrected chi connectivity index (χ3v) is 9.44. The van der Waals surface area contributed by atoms with Crippen LogP contribution in [0.5, 0.6) is 0 Å². The van der Waals surface area contributed by atoms with Crippen LogP contribution in [0.1, 0.15) is 59.0 Å². The number of aliphatic hydroxyl groups is 1. The van der Waals surface area contributed by atoms with Gasteiger partial charge in [0.2, 0.25) is 5.91 Å². The van der Waals surface area contributed by atoms with E-state index in [0.717, 1.165) is 29.7 Å². The molecule has 3 aromatic rings. The van der Waals surface area contributed by atoms with Gasteiger partial charge in [0.1, 0.15) is 18.5 Å². The van der Waals surface area contributed by atoms with Gasteiger partial charge in [-0.25, -0.2) is 9.78 Å². The number of terminal acetylenes is 1. The van der Waals surface area contributed by atoms with Gasteiger partial charge in [0, 0.05) is 24.2 Å². The van der Waals surface area contributed by atoms with Crippen molar-refractivity contribution in [3.05, 3.63) is 69.3 Å². The van der Waals surface area contributed by atoms with E-state index in [1.165, 1.54) is 0 Å². The van der Waals surface area contributed by atoms with Gasteiger partial charge in [-0.3, -0.25) is 14.4 Å². The van der Waals surface area contributed by atoms with Crippen molar-refractivity contribution in [2.24, 2.45) is 0 Å². The number of carboxylic acids is 1. The summed E-state index contributed by atoms with van der Waals surface area (Å²) in [7, 11) is -2.19. The van der Waals surface area contributed by atoms with Crippen LogP contribution in [0.15, 0.2) is 41.2 Å². The lowest BCUT2D eigenvalue weighted by atomic mass is 10.0. The molecule has 45 heavy (non-hydrogen) atoms. The number of aromatic amines is 1. The minimum Gasteiger partial charge on any atom is -0.480 e. The van der Waals surface area contributed by atoms with E-state index in [9.17, 15) is 34.2 Å². The molecule has 12 nitrogen and oxygen atoms in total.